The number of piperazine rings is 2. The van der Waals surface area contributed by atoms with Gasteiger partial charge in [0.05, 0.1) is 0 Å². The zero-order valence-electron chi connectivity index (χ0n) is 16.9. The van der Waals surface area contributed by atoms with Crippen LogP contribution in [0.25, 0.3) is 0 Å². The summed E-state index contributed by atoms with van der Waals surface area (Å²) < 4.78 is 5.82. The first-order valence-corrected chi connectivity index (χ1v) is 11.3. The number of nitrogens with zero attached hydrogens (tertiary/aromatic N) is 4. The summed E-state index contributed by atoms with van der Waals surface area (Å²) in [6.45, 7) is 10.1. The van der Waals surface area contributed by atoms with E-state index >= 15 is 0 Å². The van der Waals surface area contributed by atoms with E-state index in [-0.39, 0.29) is 0 Å². The number of anilines is 1. The minimum absolute atomic E-state index is 0.323. The summed E-state index contributed by atoms with van der Waals surface area (Å²) in [6, 6.07) is 8.28. The molecule has 1 aromatic carbocycles. The van der Waals surface area contributed by atoms with E-state index in [0.29, 0.717) is 13.2 Å². The van der Waals surface area contributed by atoms with Gasteiger partial charge >= 0.3 is 0 Å². The summed E-state index contributed by atoms with van der Waals surface area (Å²) in [7, 11) is 0. The van der Waals surface area contributed by atoms with E-state index in [4.69, 9.17) is 4.74 Å². The Balaban J connectivity index is 1.15. The Morgan fingerprint density at radius 2 is 1.79 bits per heavy atom. The van der Waals surface area contributed by atoms with Gasteiger partial charge in [0.2, 0.25) is 0 Å². The number of nitrogens with one attached hydrogen (secondary N) is 1. The topological polar surface area (TPSA) is 64.1 Å². The number of aliphatic hydroxyl groups excluding tert-OH is 1. The maximum Gasteiger partial charge on any atom is 0.185 e. The van der Waals surface area contributed by atoms with Gasteiger partial charge in [0, 0.05) is 77.0 Å². The van der Waals surface area contributed by atoms with E-state index in [1.165, 1.54) is 5.56 Å². The SMILES string of the molecule is OC(COc1ccc(CN2CCNCC2)cc1)CN1CCN(c2nccs2)CC1. The Bertz CT molecular complexity index is 713. The molecule has 0 aliphatic carbocycles. The first-order valence-electron chi connectivity index (χ1n) is 10.5. The largest absolute Gasteiger partial charge is 0.491 e. The van der Waals surface area contributed by atoms with Crippen LogP contribution >= 0.6 is 11.3 Å². The molecular weight excluding hydrogens is 386 g/mol. The van der Waals surface area contributed by atoms with Gasteiger partial charge in [-0.1, -0.05) is 12.1 Å². The van der Waals surface area contributed by atoms with Crippen LogP contribution in [0, 0.1) is 0 Å². The van der Waals surface area contributed by atoms with Crippen molar-refractivity contribution in [1.82, 2.24) is 20.1 Å². The lowest BCUT2D eigenvalue weighted by Gasteiger charge is -2.35. The van der Waals surface area contributed by atoms with E-state index < -0.39 is 6.10 Å². The van der Waals surface area contributed by atoms with Gasteiger partial charge in [0.1, 0.15) is 18.5 Å². The van der Waals surface area contributed by atoms with E-state index in [2.05, 4.69) is 37.1 Å². The second kappa shape index (κ2) is 10.4. The van der Waals surface area contributed by atoms with Crippen molar-refractivity contribution in [3.63, 3.8) is 0 Å². The second-order valence-electron chi connectivity index (χ2n) is 7.74. The molecule has 0 saturated carbocycles. The fourth-order valence-corrected chi connectivity index (χ4v) is 4.55. The fourth-order valence-electron chi connectivity index (χ4n) is 3.86. The maximum atomic E-state index is 10.4. The van der Waals surface area contributed by atoms with Crippen molar-refractivity contribution >= 4 is 16.5 Å². The highest BCUT2D eigenvalue weighted by Crippen LogP contribution is 2.19. The highest BCUT2D eigenvalue weighted by Gasteiger charge is 2.20. The van der Waals surface area contributed by atoms with Crippen LogP contribution in [0.5, 0.6) is 5.75 Å². The van der Waals surface area contributed by atoms with Gasteiger partial charge in [-0.2, -0.15) is 0 Å². The van der Waals surface area contributed by atoms with Crippen LogP contribution in [-0.4, -0.2) is 91.5 Å². The number of thiazole rings is 1. The third kappa shape index (κ3) is 6.13. The lowest BCUT2D eigenvalue weighted by Crippen LogP contribution is -2.49. The number of hydrogen-bond acceptors (Lipinski definition) is 8. The smallest absolute Gasteiger partial charge is 0.185 e. The number of hydrogen-bond donors (Lipinski definition) is 2. The third-order valence-electron chi connectivity index (χ3n) is 5.51. The van der Waals surface area contributed by atoms with Gasteiger partial charge in [-0.25, -0.2) is 4.98 Å². The molecule has 7 nitrogen and oxygen atoms in total. The number of benzene rings is 1. The van der Waals surface area contributed by atoms with Gasteiger partial charge < -0.3 is 20.1 Å². The molecule has 158 valence electrons. The minimum atomic E-state index is -0.484. The molecule has 2 N–H and O–H groups in total. The molecular formula is C21H31N5O2S. The van der Waals surface area contributed by atoms with E-state index in [9.17, 15) is 5.11 Å². The van der Waals surface area contributed by atoms with E-state index in [1.807, 2.05) is 23.7 Å². The molecule has 0 amide bonds. The van der Waals surface area contributed by atoms with E-state index in [1.54, 1.807) is 11.3 Å². The summed E-state index contributed by atoms with van der Waals surface area (Å²) in [6.07, 6.45) is 1.37. The quantitative estimate of drug-likeness (QED) is 0.667. The molecule has 3 heterocycles. The number of aromatic nitrogens is 1. The van der Waals surface area contributed by atoms with Gasteiger partial charge in [-0.15, -0.1) is 11.3 Å². The molecule has 0 spiro atoms. The van der Waals surface area contributed by atoms with Crippen molar-refractivity contribution in [2.24, 2.45) is 0 Å². The molecule has 1 aromatic heterocycles. The Morgan fingerprint density at radius 3 is 2.48 bits per heavy atom. The van der Waals surface area contributed by atoms with Crippen molar-refractivity contribution in [3.05, 3.63) is 41.4 Å². The van der Waals surface area contributed by atoms with Gasteiger partial charge in [-0.05, 0) is 17.7 Å². The Labute approximate surface area is 176 Å². The predicted octanol–water partition coefficient (Wildman–Crippen LogP) is 1.11. The van der Waals surface area contributed by atoms with Gasteiger partial charge in [0.25, 0.3) is 0 Å². The molecule has 1 atom stereocenters. The maximum absolute atomic E-state index is 10.4. The summed E-state index contributed by atoms with van der Waals surface area (Å²) in [4.78, 5) is 11.5. The average Bonchev–Trinajstić information content (AvgIpc) is 3.30. The number of ether oxygens (including phenoxy) is 1. The monoisotopic (exact) mass is 417 g/mol. The fraction of sp³-hybridized carbons (Fsp3) is 0.571. The van der Waals surface area contributed by atoms with Crippen molar-refractivity contribution in [3.8, 4) is 5.75 Å². The molecule has 8 heteroatoms. The van der Waals surface area contributed by atoms with Crippen LogP contribution in [-0.2, 0) is 6.54 Å². The van der Waals surface area contributed by atoms with Gasteiger partial charge in [-0.3, -0.25) is 9.80 Å². The Kier molecular flexibility index (Phi) is 7.34. The summed E-state index contributed by atoms with van der Waals surface area (Å²) >= 11 is 1.68. The molecule has 2 aliphatic heterocycles. The Morgan fingerprint density at radius 1 is 1.03 bits per heavy atom. The second-order valence-corrected chi connectivity index (χ2v) is 8.61. The molecule has 2 fully saturated rings. The standard InChI is InChI=1S/C21H31N5O2S/c27-19(16-25-10-12-26(13-11-25)21-23-7-14-29-21)17-28-20-3-1-18(2-4-20)15-24-8-5-22-6-9-24/h1-4,7,14,19,22,27H,5-6,8-13,15-17H2. The molecule has 0 bridgehead atoms. The summed E-state index contributed by atoms with van der Waals surface area (Å²) in [5.41, 5.74) is 1.30. The molecule has 0 radical (unpaired) electrons. The molecule has 4 rings (SSSR count). The molecule has 2 saturated heterocycles. The first kappa shape index (κ1) is 20.6. The highest BCUT2D eigenvalue weighted by atomic mass is 32.1. The first-order chi connectivity index (χ1) is 14.3. The van der Waals surface area contributed by atoms with Crippen LogP contribution in [0.1, 0.15) is 5.56 Å². The molecule has 29 heavy (non-hydrogen) atoms. The molecule has 1 unspecified atom stereocenters. The van der Waals surface area contributed by atoms with Crippen molar-refractivity contribution in [1.29, 1.82) is 0 Å². The van der Waals surface area contributed by atoms with Crippen molar-refractivity contribution in [2.45, 2.75) is 12.6 Å². The number of rotatable bonds is 8. The lowest BCUT2D eigenvalue weighted by atomic mass is 10.2. The van der Waals surface area contributed by atoms with Crippen molar-refractivity contribution in [2.75, 3.05) is 70.4 Å². The minimum Gasteiger partial charge on any atom is -0.491 e. The highest BCUT2D eigenvalue weighted by molar-refractivity contribution is 7.13. The summed E-state index contributed by atoms with van der Waals surface area (Å²) in [5.74, 6) is 0.821. The summed E-state index contributed by atoms with van der Waals surface area (Å²) in [5, 5.41) is 16.9. The van der Waals surface area contributed by atoms with Crippen LogP contribution in [0.3, 0.4) is 0 Å². The Hall–Kier alpha value is -1.71. The molecule has 2 aliphatic rings. The lowest BCUT2D eigenvalue weighted by molar-refractivity contribution is 0.0663. The van der Waals surface area contributed by atoms with E-state index in [0.717, 1.165) is 69.8 Å². The zero-order valence-corrected chi connectivity index (χ0v) is 17.7. The number of aliphatic hydroxyl groups is 1. The average molecular weight is 418 g/mol. The normalized spacial score (nSPS) is 20.0. The third-order valence-corrected chi connectivity index (χ3v) is 6.34. The molecule has 2 aromatic rings. The van der Waals surface area contributed by atoms with Crippen LogP contribution in [0.2, 0.25) is 0 Å². The van der Waals surface area contributed by atoms with Crippen molar-refractivity contribution < 1.29 is 9.84 Å². The van der Waals surface area contributed by atoms with Crippen LogP contribution < -0.4 is 15.0 Å². The number of β-amino-alcohol motifs (C(OH)–C–C–N with tert-alkyl or cyclic N) is 1. The zero-order chi connectivity index (χ0) is 19.9. The van der Waals surface area contributed by atoms with Crippen LogP contribution in [0.4, 0.5) is 5.13 Å². The van der Waals surface area contributed by atoms with Crippen LogP contribution in [0.15, 0.2) is 35.8 Å². The van der Waals surface area contributed by atoms with Gasteiger partial charge in [0.15, 0.2) is 5.13 Å². The predicted molar refractivity (Wildman–Crippen MR) is 117 cm³/mol.